The van der Waals surface area contributed by atoms with Crippen LogP contribution < -0.4 is 4.74 Å². The maximum Gasteiger partial charge on any atom is 0.344 e. The van der Waals surface area contributed by atoms with Crippen LogP contribution in [0.2, 0.25) is 0 Å². The lowest BCUT2D eigenvalue weighted by Crippen LogP contribution is -2.27. The summed E-state index contributed by atoms with van der Waals surface area (Å²) in [6.07, 6.45) is 4.03. The molecule has 0 saturated carbocycles. The number of nitrogens with one attached hydrogen (secondary N) is 1. The molecule has 1 aliphatic rings. The molecule has 3 aromatic rings. The zero-order valence-electron chi connectivity index (χ0n) is 16.5. The first kappa shape index (κ1) is 18.4. The number of aromatic nitrogens is 1. The Morgan fingerprint density at radius 3 is 2.57 bits per heavy atom. The van der Waals surface area contributed by atoms with Crippen molar-refractivity contribution >= 4 is 5.97 Å². The van der Waals surface area contributed by atoms with Crippen LogP contribution >= 0.6 is 0 Å². The van der Waals surface area contributed by atoms with Crippen molar-refractivity contribution < 1.29 is 14.3 Å². The summed E-state index contributed by atoms with van der Waals surface area (Å²) >= 11 is 0. The molecular weight excluding hydrogens is 350 g/mol. The van der Waals surface area contributed by atoms with Crippen molar-refractivity contribution in [2.75, 3.05) is 6.61 Å². The highest BCUT2D eigenvalue weighted by molar-refractivity contribution is 5.80. The van der Waals surface area contributed by atoms with Crippen molar-refractivity contribution in [1.29, 1.82) is 0 Å². The molecule has 0 spiro atoms. The van der Waals surface area contributed by atoms with Crippen LogP contribution in [-0.4, -0.2) is 23.2 Å². The fourth-order valence-corrected chi connectivity index (χ4v) is 3.71. The molecule has 4 rings (SSSR count). The van der Waals surface area contributed by atoms with Gasteiger partial charge in [-0.25, -0.2) is 4.79 Å². The first-order valence-corrected chi connectivity index (χ1v) is 9.64. The predicted molar refractivity (Wildman–Crippen MR) is 110 cm³/mol. The minimum atomic E-state index is -0.503. The SMILES string of the molecule is CC(C)(C)OC(=O)COc1ccc2c(c1)CCc1c(-c3ccccc3)c[nH]c1-2. The smallest absolute Gasteiger partial charge is 0.344 e. The van der Waals surface area contributed by atoms with Gasteiger partial charge in [0.25, 0.3) is 0 Å². The van der Waals surface area contributed by atoms with Crippen molar-refractivity contribution in [3.63, 3.8) is 0 Å². The molecule has 1 aliphatic carbocycles. The Labute approximate surface area is 165 Å². The van der Waals surface area contributed by atoms with Gasteiger partial charge in [0.2, 0.25) is 0 Å². The summed E-state index contributed by atoms with van der Waals surface area (Å²) in [5.41, 5.74) is 6.98. The van der Waals surface area contributed by atoms with Crippen LogP contribution in [0.4, 0.5) is 0 Å². The lowest BCUT2D eigenvalue weighted by molar-refractivity contribution is -0.157. The molecule has 1 heterocycles. The Balaban J connectivity index is 1.53. The number of hydrogen-bond acceptors (Lipinski definition) is 3. The fourth-order valence-electron chi connectivity index (χ4n) is 3.71. The van der Waals surface area contributed by atoms with Crippen LogP contribution in [-0.2, 0) is 22.4 Å². The van der Waals surface area contributed by atoms with E-state index in [4.69, 9.17) is 9.47 Å². The Bertz CT molecular complexity index is 996. The van der Waals surface area contributed by atoms with E-state index in [1.165, 1.54) is 33.5 Å². The van der Waals surface area contributed by atoms with Crippen molar-refractivity contribution in [2.24, 2.45) is 0 Å². The van der Waals surface area contributed by atoms with Gasteiger partial charge in [-0.15, -0.1) is 0 Å². The Hall–Kier alpha value is -3.01. The van der Waals surface area contributed by atoms with E-state index >= 15 is 0 Å². The largest absolute Gasteiger partial charge is 0.482 e. The number of fused-ring (bicyclic) bond motifs is 3. The molecule has 0 unspecified atom stereocenters. The molecule has 0 aliphatic heterocycles. The van der Waals surface area contributed by atoms with Crippen molar-refractivity contribution in [2.45, 2.75) is 39.2 Å². The number of ether oxygens (including phenoxy) is 2. The van der Waals surface area contributed by atoms with Gasteiger partial charge < -0.3 is 14.5 Å². The standard InChI is InChI=1S/C24H25NO3/c1-24(2,3)28-22(26)15-27-18-10-12-19-17(13-18)9-11-20-21(14-25-23(19)20)16-7-5-4-6-8-16/h4-8,10,12-14,25H,9,11,15H2,1-3H3. The number of aromatic amines is 1. The molecule has 144 valence electrons. The van der Waals surface area contributed by atoms with E-state index in [0.29, 0.717) is 5.75 Å². The second-order valence-electron chi connectivity index (χ2n) is 8.12. The number of esters is 1. The molecular formula is C24H25NO3. The van der Waals surface area contributed by atoms with Crippen LogP contribution in [0.15, 0.2) is 54.7 Å². The van der Waals surface area contributed by atoms with E-state index < -0.39 is 5.60 Å². The highest BCUT2D eigenvalue weighted by Crippen LogP contribution is 2.39. The van der Waals surface area contributed by atoms with Gasteiger partial charge in [-0.3, -0.25) is 0 Å². The van der Waals surface area contributed by atoms with Gasteiger partial charge in [0.05, 0.1) is 0 Å². The summed E-state index contributed by atoms with van der Waals surface area (Å²) in [6, 6.07) is 16.5. The second kappa shape index (κ2) is 7.19. The quantitative estimate of drug-likeness (QED) is 0.640. The summed E-state index contributed by atoms with van der Waals surface area (Å²) in [5.74, 6) is 0.340. The molecule has 4 heteroatoms. The van der Waals surface area contributed by atoms with Gasteiger partial charge in [-0.05, 0) is 68.5 Å². The molecule has 1 aromatic heterocycles. The topological polar surface area (TPSA) is 51.3 Å². The highest BCUT2D eigenvalue weighted by atomic mass is 16.6. The van der Waals surface area contributed by atoms with Crippen molar-refractivity contribution in [3.8, 4) is 28.1 Å². The minimum absolute atomic E-state index is 0.0814. The van der Waals surface area contributed by atoms with E-state index in [2.05, 4.69) is 41.5 Å². The lowest BCUT2D eigenvalue weighted by atomic mass is 9.87. The van der Waals surface area contributed by atoms with Gasteiger partial charge >= 0.3 is 5.97 Å². The first-order chi connectivity index (χ1) is 13.4. The van der Waals surface area contributed by atoms with E-state index in [9.17, 15) is 4.79 Å². The molecule has 0 bridgehead atoms. The summed E-state index contributed by atoms with van der Waals surface area (Å²) in [6.45, 7) is 5.46. The highest BCUT2D eigenvalue weighted by Gasteiger charge is 2.22. The average Bonchev–Trinajstić information content (AvgIpc) is 3.10. The number of aryl methyl sites for hydroxylation is 1. The maximum atomic E-state index is 11.9. The maximum absolute atomic E-state index is 11.9. The van der Waals surface area contributed by atoms with Gasteiger partial charge in [0.1, 0.15) is 11.4 Å². The molecule has 28 heavy (non-hydrogen) atoms. The summed E-state index contributed by atoms with van der Waals surface area (Å²) in [5, 5.41) is 0. The van der Waals surface area contributed by atoms with Crippen LogP contribution in [0.25, 0.3) is 22.4 Å². The van der Waals surface area contributed by atoms with Crippen LogP contribution in [0, 0.1) is 0 Å². The molecule has 0 atom stereocenters. The number of hydrogen-bond donors (Lipinski definition) is 1. The van der Waals surface area contributed by atoms with Gasteiger partial charge in [-0.1, -0.05) is 30.3 Å². The van der Waals surface area contributed by atoms with E-state index in [0.717, 1.165) is 12.8 Å². The van der Waals surface area contributed by atoms with Crippen molar-refractivity contribution in [3.05, 3.63) is 65.9 Å². The van der Waals surface area contributed by atoms with E-state index in [1.54, 1.807) is 0 Å². The molecule has 0 saturated heterocycles. The minimum Gasteiger partial charge on any atom is -0.482 e. The normalized spacial score (nSPS) is 12.8. The zero-order chi connectivity index (χ0) is 19.7. The average molecular weight is 375 g/mol. The lowest BCUT2D eigenvalue weighted by Gasteiger charge is -2.20. The second-order valence-corrected chi connectivity index (χ2v) is 8.12. The summed E-state index contributed by atoms with van der Waals surface area (Å²) in [4.78, 5) is 15.3. The third-order valence-corrected chi connectivity index (χ3v) is 4.84. The molecule has 4 nitrogen and oxygen atoms in total. The Kier molecular flexibility index (Phi) is 4.71. The first-order valence-electron chi connectivity index (χ1n) is 9.64. The van der Waals surface area contributed by atoms with Gasteiger partial charge in [0.15, 0.2) is 6.61 Å². The zero-order valence-corrected chi connectivity index (χ0v) is 16.5. The Morgan fingerprint density at radius 2 is 1.82 bits per heavy atom. The number of benzene rings is 2. The number of carbonyl (C=O) groups excluding carboxylic acids is 1. The predicted octanol–water partition coefficient (Wildman–Crippen LogP) is 5.17. The van der Waals surface area contributed by atoms with E-state index in [1.807, 2.05) is 39.0 Å². The number of carbonyl (C=O) groups is 1. The van der Waals surface area contributed by atoms with Crippen LogP contribution in [0.5, 0.6) is 5.75 Å². The van der Waals surface area contributed by atoms with Crippen LogP contribution in [0.1, 0.15) is 31.9 Å². The fraction of sp³-hybridized carbons (Fsp3) is 0.292. The molecule has 0 radical (unpaired) electrons. The van der Waals surface area contributed by atoms with Gasteiger partial charge in [0, 0.05) is 23.0 Å². The van der Waals surface area contributed by atoms with E-state index in [-0.39, 0.29) is 12.6 Å². The molecule has 1 N–H and O–H groups in total. The monoisotopic (exact) mass is 375 g/mol. The summed E-state index contributed by atoms with van der Waals surface area (Å²) < 4.78 is 11.0. The third-order valence-electron chi connectivity index (χ3n) is 4.84. The summed E-state index contributed by atoms with van der Waals surface area (Å²) in [7, 11) is 0. The van der Waals surface area contributed by atoms with Gasteiger partial charge in [-0.2, -0.15) is 0 Å². The number of H-pyrrole nitrogens is 1. The Morgan fingerprint density at radius 1 is 1.04 bits per heavy atom. The molecule has 0 amide bonds. The number of rotatable bonds is 4. The van der Waals surface area contributed by atoms with Crippen molar-refractivity contribution in [1.82, 2.24) is 4.98 Å². The molecule has 0 fully saturated rings. The molecule has 2 aromatic carbocycles. The third kappa shape index (κ3) is 3.81. The van der Waals surface area contributed by atoms with Crippen LogP contribution in [0.3, 0.4) is 0 Å².